The third kappa shape index (κ3) is 10.2. The molecule has 3 nitrogen and oxygen atoms in total. The Morgan fingerprint density at radius 3 is 2.47 bits per heavy atom. The highest BCUT2D eigenvalue weighted by Crippen LogP contribution is 2.09. The summed E-state index contributed by atoms with van der Waals surface area (Å²) in [7, 11) is 1.72. The van der Waals surface area contributed by atoms with Crippen LogP contribution in [0.25, 0.3) is 0 Å². The predicted octanol–water partition coefficient (Wildman–Crippen LogP) is 2.21. The minimum atomic E-state index is 0.241. The quantitative estimate of drug-likeness (QED) is 0.569. The minimum absolute atomic E-state index is 0.241. The predicted molar refractivity (Wildman–Crippen MR) is 64.3 cm³/mol. The summed E-state index contributed by atoms with van der Waals surface area (Å²) < 4.78 is 10.4. The molecule has 1 N–H and O–H groups in total. The van der Waals surface area contributed by atoms with E-state index in [-0.39, 0.29) is 5.54 Å². The molecule has 0 aliphatic carbocycles. The van der Waals surface area contributed by atoms with Crippen LogP contribution in [-0.4, -0.2) is 39.0 Å². The van der Waals surface area contributed by atoms with Gasteiger partial charge in [0.2, 0.25) is 0 Å². The highest BCUT2D eigenvalue weighted by Gasteiger charge is 2.14. The Hall–Kier alpha value is -0.120. The van der Waals surface area contributed by atoms with Gasteiger partial charge in [0.1, 0.15) is 0 Å². The van der Waals surface area contributed by atoms with Gasteiger partial charge in [0, 0.05) is 32.4 Å². The Morgan fingerprint density at radius 2 is 1.87 bits per heavy atom. The van der Waals surface area contributed by atoms with E-state index in [1.165, 1.54) is 12.8 Å². The summed E-state index contributed by atoms with van der Waals surface area (Å²) in [6, 6.07) is 0. The second kappa shape index (κ2) is 9.13. The average molecular weight is 217 g/mol. The molecule has 0 heterocycles. The first-order valence-corrected chi connectivity index (χ1v) is 5.94. The van der Waals surface area contributed by atoms with Crippen molar-refractivity contribution in [2.75, 3.05) is 33.5 Å². The zero-order chi connectivity index (χ0) is 11.6. The maximum atomic E-state index is 5.47. The number of nitrogens with one attached hydrogen (secondary N) is 1. The van der Waals surface area contributed by atoms with Crippen LogP contribution in [0.4, 0.5) is 0 Å². The first-order valence-electron chi connectivity index (χ1n) is 5.94. The molecule has 0 saturated carbocycles. The van der Waals surface area contributed by atoms with Crippen molar-refractivity contribution in [1.29, 1.82) is 0 Å². The molecule has 0 radical (unpaired) electrons. The van der Waals surface area contributed by atoms with E-state index in [1.807, 2.05) is 0 Å². The van der Waals surface area contributed by atoms with E-state index in [9.17, 15) is 0 Å². The maximum Gasteiger partial charge on any atom is 0.0591 e. The van der Waals surface area contributed by atoms with Gasteiger partial charge in [-0.25, -0.2) is 0 Å². The van der Waals surface area contributed by atoms with Crippen molar-refractivity contribution >= 4 is 0 Å². The molecule has 3 heteroatoms. The van der Waals surface area contributed by atoms with Crippen LogP contribution in [0.3, 0.4) is 0 Å². The number of methoxy groups -OCH3 is 1. The third-order valence-corrected chi connectivity index (χ3v) is 2.36. The van der Waals surface area contributed by atoms with E-state index in [4.69, 9.17) is 9.47 Å². The van der Waals surface area contributed by atoms with E-state index < -0.39 is 0 Å². The zero-order valence-electron chi connectivity index (χ0n) is 10.8. The molecule has 0 fully saturated rings. The molecule has 0 aromatic heterocycles. The van der Waals surface area contributed by atoms with Gasteiger partial charge in [-0.15, -0.1) is 0 Å². The van der Waals surface area contributed by atoms with E-state index in [0.29, 0.717) is 0 Å². The largest absolute Gasteiger partial charge is 0.385 e. The van der Waals surface area contributed by atoms with Crippen molar-refractivity contribution in [1.82, 2.24) is 5.32 Å². The van der Waals surface area contributed by atoms with Gasteiger partial charge in [-0.05, 0) is 26.7 Å². The topological polar surface area (TPSA) is 30.5 Å². The van der Waals surface area contributed by atoms with Crippen molar-refractivity contribution in [3.8, 4) is 0 Å². The molecule has 0 amide bonds. The Labute approximate surface area is 94.5 Å². The number of rotatable bonds is 10. The molecule has 0 aliphatic heterocycles. The summed E-state index contributed by atoms with van der Waals surface area (Å²) in [5, 5.41) is 3.49. The molecule has 0 aromatic rings. The lowest BCUT2D eigenvalue weighted by atomic mass is 9.99. The molecule has 15 heavy (non-hydrogen) atoms. The average Bonchev–Trinajstić information content (AvgIpc) is 2.16. The van der Waals surface area contributed by atoms with Crippen LogP contribution in [0.1, 0.15) is 40.0 Å². The standard InChI is InChI=1S/C12H27NO2/c1-5-7-12(2,3)13-8-11-15-10-6-9-14-4/h13H,5-11H2,1-4H3. The number of ether oxygens (including phenoxy) is 2. The van der Waals surface area contributed by atoms with Crippen LogP contribution in [0.5, 0.6) is 0 Å². The van der Waals surface area contributed by atoms with Crippen LogP contribution in [0.15, 0.2) is 0 Å². The summed E-state index contributed by atoms with van der Waals surface area (Å²) in [6.45, 7) is 9.99. The smallest absolute Gasteiger partial charge is 0.0591 e. The fourth-order valence-electron chi connectivity index (χ4n) is 1.58. The molecule has 0 atom stereocenters. The van der Waals surface area contributed by atoms with Crippen LogP contribution in [0.2, 0.25) is 0 Å². The fourth-order valence-corrected chi connectivity index (χ4v) is 1.58. The van der Waals surface area contributed by atoms with Gasteiger partial charge in [-0.3, -0.25) is 0 Å². The third-order valence-electron chi connectivity index (χ3n) is 2.36. The zero-order valence-corrected chi connectivity index (χ0v) is 10.8. The number of hydrogen-bond donors (Lipinski definition) is 1. The Kier molecular flexibility index (Phi) is 9.06. The summed E-state index contributed by atoms with van der Waals surface area (Å²) >= 11 is 0. The van der Waals surface area contributed by atoms with E-state index in [2.05, 4.69) is 26.1 Å². The van der Waals surface area contributed by atoms with Gasteiger partial charge in [-0.1, -0.05) is 13.3 Å². The molecular weight excluding hydrogens is 190 g/mol. The molecule has 0 aliphatic rings. The van der Waals surface area contributed by atoms with Crippen molar-refractivity contribution in [2.24, 2.45) is 0 Å². The van der Waals surface area contributed by atoms with Crippen molar-refractivity contribution < 1.29 is 9.47 Å². The van der Waals surface area contributed by atoms with E-state index in [1.54, 1.807) is 7.11 Å². The normalized spacial score (nSPS) is 12.0. The second-order valence-corrected chi connectivity index (χ2v) is 4.52. The van der Waals surface area contributed by atoms with Crippen molar-refractivity contribution in [3.05, 3.63) is 0 Å². The molecule has 0 spiro atoms. The monoisotopic (exact) mass is 217 g/mol. The summed E-state index contributed by atoms with van der Waals surface area (Å²) in [6.07, 6.45) is 3.40. The maximum absolute atomic E-state index is 5.47. The van der Waals surface area contributed by atoms with Crippen LogP contribution in [-0.2, 0) is 9.47 Å². The Balaban J connectivity index is 3.22. The van der Waals surface area contributed by atoms with Gasteiger partial charge in [0.05, 0.1) is 6.61 Å². The molecular formula is C12H27NO2. The van der Waals surface area contributed by atoms with Crippen LogP contribution >= 0.6 is 0 Å². The highest BCUT2D eigenvalue weighted by molar-refractivity contribution is 4.75. The Morgan fingerprint density at radius 1 is 1.13 bits per heavy atom. The minimum Gasteiger partial charge on any atom is -0.385 e. The summed E-state index contributed by atoms with van der Waals surface area (Å²) in [5.74, 6) is 0. The van der Waals surface area contributed by atoms with Crippen molar-refractivity contribution in [3.63, 3.8) is 0 Å². The Bertz CT molecular complexity index is 138. The SMILES string of the molecule is CCCC(C)(C)NCCOCCCOC. The molecule has 0 unspecified atom stereocenters. The van der Waals surface area contributed by atoms with E-state index >= 15 is 0 Å². The summed E-state index contributed by atoms with van der Waals surface area (Å²) in [5.41, 5.74) is 0.241. The van der Waals surface area contributed by atoms with Crippen molar-refractivity contribution in [2.45, 2.75) is 45.6 Å². The lowest BCUT2D eigenvalue weighted by molar-refractivity contribution is 0.100. The lowest BCUT2D eigenvalue weighted by Gasteiger charge is -2.25. The molecule has 0 aromatic carbocycles. The molecule has 0 bridgehead atoms. The van der Waals surface area contributed by atoms with Crippen LogP contribution in [0, 0.1) is 0 Å². The van der Waals surface area contributed by atoms with E-state index in [0.717, 1.165) is 32.8 Å². The summed E-state index contributed by atoms with van der Waals surface area (Å²) in [4.78, 5) is 0. The van der Waals surface area contributed by atoms with Gasteiger partial charge in [-0.2, -0.15) is 0 Å². The second-order valence-electron chi connectivity index (χ2n) is 4.52. The fraction of sp³-hybridized carbons (Fsp3) is 1.00. The van der Waals surface area contributed by atoms with Gasteiger partial charge >= 0.3 is 0 Å². The van der Waals surface area contributed by atoms with Gasteiger partial charge in [0.15, 0.2) is 0 Å². The highest BCUT2D eigenvalue weighted by atomic mass is 16.5. The lowest BCUT2D eigenvalue weighted by Crippen LogP contribution is -2.40. The molecule has 92 valence electrons. The van der Waals surface area contributed by atoms with Gasteiger partial charge in [0.25, 0.3) is 0 Å². The van der Waals surface area contributed by atoms with Gasteiger partial charge < -0.3 is 14.8 Å². The first kappa shape index (κ1) is 14.9. The molecule has 0 rings (SSSR count). The molecule has 0 saturated heterocycles. The number of hydrogen-bond acceptors (Lipinski definition) is 3. The van der Waals surface area contributed by atoms with Crippen LogP contribution < -0.4 is 5.32 Å². The first-order chi connectivity index (χ1) is 7.12.